The Labute approximate surface area is 189 Å². The number of ether oxygens (including phenoxy) is 1. The highest BCUT2D eigenvalue weighted by atomic mass is 79.9. The van der Waals surface area contributed by atoms with Crippen LogP contribution in [0.2, 0.25) is 0 Å². The average molecular weight is 502 g/mol. The Hall–Kier alpha value is -3.09. The first-order chi connectivity index (χ1) is 14.6. The minimum Gasteiger partial charge on any atom is -0.495 e. The maximum absolute atomic E-state index is 13.6. The molecule has 0 radical (unpaired) electrons. The van der Waals surface area contributed by atoms with E-state index in [0.717, 1.165) is 9.54 Å². The van der Waals surface area contributed by atoms with Gasteiger partial charge in [-0.1, -0.05) is 17.7 Å². The van der Waals surface area contributed by atoms with E-state index in [1.165, 1.54) is 31.5 Å². The maximum Gasteiger partial charge on any atom is 0.268 e. The number of carbonyl (C=O) groups is 1. The molecule has 160 valence electrons. The molecule has 0 atom stereocenters. The van der Waals surface area contributed by atoms with Gasteiger partial charge < -0.3 is 9.64 Å². The van der Waals surface area contributed by atoms with Gasteiger partial charge in [0, 0.05) is 31.7 Å². The number of rotatable bonds is 6. The molecule has 1 aromatic heterocycles. The van der Waals surface area contributed by atoms with Crippen LogP contribution in [0, 0.1) is 18.3 Å². The second-order valence-electron chi connectivity index (χ2n) is 7.10. The number of Topliss-reactive ketones (excluding diaryl/α,β-unsaturated/α-hetero) is 1. The number of allylic oxidation sites excluding steroid dienone is 1. The number of ketones is 1. The van der Waals surface area contributed by atoms with Crippen molar-refractivity contribution in [3.05, 3.63) is 70.0 Å². The van der Waals surface area contributed by atoms with E-state index in [2.05, 4.69) is 15.9 Å². The van der Waals surface area contributed by atoms with Crippen molar-refractivity contribution in [3.8, 4) is 11.8 Å². The first kappa shape index (κ1) is 22.6. The van der Waals surface area contributed by atoms with Crippen molar-refractivity contribution < 1.29 is 17.9 Å². The lowest BCUT2D eigenvalue weighted by molar-refractivity contribution is 0.103. The highest BCUT2D eigenvalue weighted by Crippen LogP contribution is 2.35. The molecule has 1 heterocycles. The standard InChI is InChI=1S/C22H20BrN3O4S/c1-14-5-7-17(8-6-14)31(28,29)26-19-11-21(30-4)18(23)9-15(19)10-20(26)22(27)16(12-24)13-25(2)3/h5-11,13H,1-4H3/b16-13+. The molecule has 2 aromatic carbocycles. The quantitative estimate of drug-likeness (QED) is 0.286. The fourth-order valence-electron chi connectivity index (χ4n) is 3.11. The van der Waals surface area contributed by atoms with Gasteiger partial charge in [-0.15, -0.1) is 0 Å². The molecule has 0 fully saturated rings. The van der Waals surface area contributed by atoms with Crippen LogP contribution in [0.15, 0.2) is 63.6 Å². The van der Waals surface area contributed by atoms with Crippen LogP contribution in [0.4, 0.5) is 0 Å². The van der Waals surface area contributed by atoms with Crippen LogP contribution in [0.1, 0.15) is 16.1 Å². The largest absolute Gasteiger partial charge is 0.495 e. The number of nitrogens with zero attached hydrogens (tertiary/aromatic N) is 3. The summed E-state index contributed by atoms with van der Waals surface area (Å²) in [4.78, 5) is 14.8. The molecule has 31 heavy (non-hydrogen) atoms. The van der Waals surface area contributed by atoms with Crippen molar-refractivity contribution in [1.82, 2.24) is 8.87 Å². The number of halogens is 1. The molecule has 0 saturated heterocycles. The van der Waals surface area contributed by atoms with E-state index in [1.54, 1.807) is 43.3 Å². The van der Waals surface area contributed by atoms with Crippen LogP contribution < -0.4 is 4.74 Å². The lowest BCUT2D eigenvalue weighted by atomic mass is 10.1. The van der Waals surface area contributed by atoms with Gasteiger partial charge in [0.25, 0.3) is 10.0 Å². The molecule has 0 amide bonds. The first-order valence-electron chi connectivity index (χ1n) is 9.14. The molecule has 0 unspecified atom stereocenters. The first-order valence-corrected chi connectivity index (χ1v) is 11.4. The van der Waals surface area contributed by atoms with Gasteiger partial charge in [0.15, 0.2) is 0 Å². The molecule has 0 spiro atoms. The predicted molar refractivity (Wildman–Crippen MR) is 122 cm³/mol. The van der Waals surface area contributed by atoms with E-state index >= 15 is 0 Å². The Morgan fingerprint density at radius 3 is 2.39 bits per heavy atom. The number of nitriles is 1. The summed E-state index contributed by atoms with van der Waals surface area (Å²) in [6, 6.07) is 12.9. The summed E-state index contributed by atoms with van der Waals surface area (Å²) in [7, 11) is 0.661. The molecule has 0 aliphatic carbocycles. The van der Waals surface area contributed by atoms with Gasteiger partial charge in [0.05, 0.1) is 22.0 Å². The SMILES string of the molecule is COc1cc2c(cc1Br)cc(C(=O)/C(C#N)=C/N(C)C)n2S(=O)(=O)c1ccc(C)cc1. The van der Waals surface area contributed by atoms with Crippen LogP contribution in [-0.4, -0.2) is 44.3 Å². The van der Waals surface area contributed by atoms with Gasteiger partial charge in [0.2, 0.25) is 5.78 Å². The lowest BCUT2D eigenvalue weighted by Crippen LogP contribution is -2.20. The second kappa shape index (κ2) is 8.57. The van der Waals surface area contributed by atoms with Crippen molar-refractivity contribution in [2.45, 2.75) is 11.8 Å². The molecule has 0 saturated carbocycles. The normalized spacial score (nSPS) is 11.9. The van der Waals surface area contributed by atoms with E-state index in [-0.39, 0.29) is 21.7 Å². The number of methoxy groups -OCH3 is 1. The van der Waals surface area contributed by atoms with Crippen LogP contribution in [0.25, 0.3) is 10.9 Å². The second-order valence-corrected chi connectivity index (χ2v) is 9.75. The number of fused-ring (bicyclic) bond motifs is 1. The summed E-state index contributed by atoms with van der Waals surface area (Å²) in [6.07, 6.45) is 1.36. The zero-order chi connectivity index (χ0) is 22.9. The number of aromatic nitrogens is 1. The Kier molecular flexibility index (Phi) is 6.25. The fraction of sp³-hybridized carbons (Fsp3) is 0.182. The minimum absolute atomic E-state index is 0.0293. The molecule has 7 nitrogen and oxygen atoms in total. The number of hydrogen-bond donors (Lipinski definition) is 0. The highest BCUT2D eigenvalue weighted by molar-refractivity contribution is 9.10. The molecular formula is C22H20BrN3O4S. The molecule has 0 bridgehead atoms. The molecule has 3 rings (SSSR count). The Morgan fingerprint density at radius 1 is 1.19 bits per heavy atom. The van der Waals surface area contributed by atoms with Crippen LogP contribution >= 0.6 is 15.9 Å². The van der Waals surface area contributed by atoms with Gasteiger partial charge in [-0.25, -0.2) is 12.4 Å². The van der Waals surface area contributed by atoms with Crippen molar-refractivity contribution in [1.29, 1.82) is 5.26 Å². The van der Waals surface area contributed by atoms with Gasteiger partial charge in [0.1, 0.15) is 23.1 Å². The Morgan fingerprint density at radius 2 is 1.84 bits per heavy atom. The summed E-state index contributed by atoms with van der Waals surface area (Å²) in [6.45, 7) is 1.85. The van der Waals surface area contributed by atoms with Gasteiger partial charge in [-0.3, -0.25) is 4.79 Å². The van der Waals surface area contributed by atoms with Gasteiger partial charge in [-0.05, 0) is 47.1 Å². The van der Waals surface area contributed by atoms with Crippen LogP contribution in [0.3, 0.4) is 0 Å². The predicted octanol–water partition coefficient (Wildman–Crippen LogP) is 4.11. The third-order valence-electron chi connectivity index (χ3n) is 4.58. The Balaban J connectivity index is 2.39. The molecule has 9 heteroatoms. The van der Waals surface area contributed by atoms with Crippen LogP contribution in [-0.2, 0) is 10.0 Å². The summed E-state index contributed by atoms with van der Waals surface area (Å²) < 4.78 is 34.1. The minimum atomic E-state index is -4.15. The Bertz CT molecular complexity index is 1350. The number of hydrogen-bond acceptors (Lipinski definition) is 6. The number of carbonyl (C=O) groups excluding carboxylic acids is 1. The highest BCUT2D eigenvalue weighted by Gasteiger charge is 2.29. The fourth-order valence-corrected chi connectivity index (χ4v) is 5.13. The average Bonchev–Trinajstić information content (AvgIpc) is 3.09. The van der Waals surface area contributed by atoms with Crippen molar-refractivity contribution in [2.75, 3.05) is 21.2 Å². The van der Waals surface area contributed by atoms with Crippen molar-refractivity contribution in [2.24, 2.45) is 0 Å². The summed E-state index contributed by atoms with van der Waals surface area (Å²) >= 11 is 3.39. The smallest absolute Gasteiger partial charge is 0.268 e. The lowest BCUT2D eigenvalue weighted by Gasteiger charge is -2.13. The number of aryl methyl sites for hydroxylation is 1. The van der Waals surface area contributed by atoms with Crippen molar-refractivity contribution in [3.63, 3.8) is 0 Å². The molecule has 3 aromatic rings. The monoisotopic (exact) mass is 501 g/mol. The van der Waals surface area contributed by atoms with E-state index in [9.17, 15) is 18.5 Å². The van der Waals surface area contributed by atoms with Crippen LogP contribution in [0.5, 0.6) is 5.75 Å². The van der Waals surface area contributed by atoms with E-state index in [4.69, 9.17) is 4.74 Å². The zero-order valence-electron chi connectivity index (χ0n) is 17.4. The van der Waals surface area contributed by atoms with Crippen molar-refractivity contribution >= 4 is 42.6 Å². The molecule has 0 aliphatic rings. The summed E-state index contributed by atoms with van der Waals surface area (Å²) in [5.41, 5.74) is 0.856. The molecule has 0 N–H and O–H groups in total. The van der Waals surface area contributed by atoms with E-state index in [1.807, 2.05) is 13.0 Å². The maximum atomic E-state index is 13.6. The van der Waals surface area contributed by atoms with E-state index in [0.29, 0.717) is 15.6 Å². The summed E-state index contributed by atoms with van der Waals surface area (Å²) in [5.74, 6) is -0.285. The third-order valence-corrected chi connectivity index (χ3v) is 6.94. The topological polar surface area (TPSA) is 92.4 Å². The van der Waals surface area contributed by atoms with Gasteiger partial charge >= 0.3 is 0 Å². The zero-order valence-corrected chi connectivity index (χ0v) is 19.8. The molecular weight excluding hydrogens is 482 g/mol. The number of benzene rings is 2. The molecule has 0 aliphatic heterocycles. The summed E-state index contributed by atoms with van der Waals surface area (Å²) in [5, 5.41) is 10.0. The third kappa shape index (κ3) is 4.22. The van der Waals surface area contributed by atoms with E-state index < -0.39 is 15.8 Å². The van der Waals surface area contributed by atoms with Gasteiger partial charge in [-0.2, -0.15) is 5.26 Å².